The van der Waals surface area contributed by atoms with Crippen molar-refractivity contribution in [2.45, 2.75) is 19.8 Å². The molecule has 2 unspecified atom stereocenters. The van der Waals surface area contributed by atoms with E-state index in [1.165, 1.54) is 77.3 Å². The Morgan fingerprint density at radius 1 is 0.773 bits per heavy atom. The molecule has 4 aromatic rings. The molecular weight excluding hydrogens is 523 g/mol. The van der Waals surface area contributed by atoms with E-state index >= 15 is 0 Å². The van der Waals surface area contributed by atoms with Gasteiger partial charge in [-0.15, -0.1) is 0 Å². The van der Waals surface area contributed by atoms with Crippen molar-refractivity contribution in [3.05, 3.63) is 140 Å². The Balaban J connectivity index is 1.81. The summed E-state index contributed by atoms with van der Waals surface area (Å²) in [5.74, 6) is 1.22. The Morgan fingerprint density at radius 3 is 2.11 bits per heavy atom. The number of nitrogens with zero attached hydrogens (tertiary/aromatic N) is 2. The van der Waals surface area contributed by atoms with Crippen LogP contribution in [-0.4, -0.2) is 77.4 Å². The molecule has 44 heavy (non-hydrogen) atoms. The van der Waals surface area contributed by atoms with Crippen molar-refractivity contribution in [2.24, 2.45) is 5.92 Å². The molecular formula is C34H36B8N2. The summed E-state index contributed by atoms with van der Waals surface area (Å²) in [4.78, 5) is 5.07. The van der Waals surface area contributed by atoms with E-state index in [0.717, 1.165) is 16.9 Å². The summed E-state index contributed by atoms with van der Waals surface area (Å²) >= 11 is 0. The predicted octanol–water partition coefficient (Wildman–Crippen LogP) is 0.0637. The fraction of sp³-hybridized carbons (Fsp3) is 0.118. The molecule has 2 aliphatic carbocycles. The van der Waals surface area contributed by atoms with E-state index in [-0.39, 0.29) is 11.8 Å². The van der Waals surface area contributed by atoms with Gasteiger partial charge in [0.25, 0.3) is 0 Å². The number of allylic oxidation sites excluding steroid dienone is 10. The Morgan fingerprint density at radius 2 is 1.41 bits per heavy atom. The van der Waals surface area contributed by atoms with Gasteiger partial charge in [-0.3, -0.25) is 0 Å². The number of imidazole rings is 1. The van der Waals surface area contributed by atoms with Gasteiger partial charge in [0.15, 0.2) is 0 Å². The molecule has 0 aliphatic heterocycles. The molecule has 1 aromatic heterocycles. The zero-order valence-electron chi connectivity index (χ0n) is 27.8. The van der Waals surface area contributed by atoms with Gasteiger partial charge in [0.05, 0.1) is 0 Å². The van der Waals surface area contributed by atoms with Crippen LogP contribution in [0.3, 0.4) is 0 Å². The van der Waals surface area contributed by atoms with Gasteiger partial charge >= 0.3 is 271 Å². The number of aryl methyl sites for hydroxylation is 1. The van der Waals surface area contributed by atoms with E-state index < -0.39 is 0 Å². The maximum atomic E-state index is 5.07. The minimum atomic E-state index is 0.0770. The monoisotopic (exact) mass is 560 g/mol. The van der Waals surface area contributed by atoms with E-state index in [4.69, 9.17) is 12.5 Å². The molecule has 2 aliphatic rings. The molecule has 0 amide bonds. The number of benzene rings is 3. The molecule has 2 nitrogen and oxygen atoms in total. The summed E-state index contributed by atoms with van der Waals surface area (Å²) in [6, 6.07) is 28.3. The van der Waals surface area contributed by atoms with Gasteiger partial charge in [-0.1, -0.05) is 0 Å². The zero-order valence-corrected chi connectivity index (χ0v) is 27.8. The molecule has 0 radical (unpaired) electrons. The van der Waals surface area contributed by atoms with Crippen LogP contribution in [0, 0.1) is 12.8 Å². The Kier molecular flexibility index (Phi) is 7.99. The van der Waals surface area contributed by atoms with Gasteiger partial charge in [-0.25, -0.2) is 0 Å². The van der Waals surface area contributed by atoms with Crippen molar-refractivity contribution >= 4 is 84.6 Å². The summed E-state index contributed by atoms with van der Waals surface area (Å²) in [5.41, 5.74) is 20.5. The molecule has 0 saturated carbocycles. The van der Waals surface area contributed by atoms with Crippen LogP contribution in [0.15, 0.2) is 128 Å². The first-order valence-corrected chi connectivity index (χ1v) is 15.8. The first kappa shape index (κ1) is 30.3. The van der Waals surface area contributed by atoms with E-state index in [1.54, 1.807) is 0 Å². The van der Waals surface area contributed by atoms with E-state index in [1.807, 2.05) is 0 Å². The SMILES string of the molecule is B=C1/C(=C(B)\C(B)=C(\B)C)C(n2c(C)nc3ccccc32)=C2C(B)=C(B)C(B)=C(B)C2C1c1ccccc1-c1ccccc1. The number of hydrogen-bond acceptors (Lipinski definition) is 1. The fourth-order valence-corrected chi connectivity index (χ4v) is 7.50. The van der Waals surface area contributed by atoms with Gasteiger partial charge in [-0.2, -0.15) is 0 Å². The van der Waals surface area contributed by atoms with Crippen molar-refractivity contribution in [3.63, 3.8) is 0 Å². The molecule has 0 spiro atoms. The summed E-state index contributed by atoms with van der Waals surface area (Å²) in [6.45, 7) is 4.36. The first-order valence-electron chi connectivity index (χ1n) is 15.8. The molecule has 0 bridgehead atoms. The van der Waals surface area contributed by atoms with Crippen molar-refractivity contribution in [2.75, 3.05) is 0 Å². The van der Waals surface area contributed by atoms with Gasteiger partial charge in [0, 0.05) is 0 Å². The van der Waals surface area contributed by atoms with E-state index in [0.29, 0.717) is 0 Å². The Hall–Kier alpha value is -3.78. The molecule has 3 aromatic carbocycles. The second-order valence-electron chi connectivity index (χ2n) is 12.9. The molecule has 1 heterocycles. The van der Waals surface area contributed by atoms with Crippen LogP contribution in [0.4, 0.5) is 0 Å². The number of aromatic nitrogens is 2. The molecule has 6 rings (SSSR count). The minimum absolute atomic E-state index is 0.0770. The van der Waals surface area contributed by atoms with Crippen molar-refractivity contribution in [3.8, 4) is 11.1 Å². The van der Waals surface area contributed by atoms with E-state index in [2.05, 4.69) is 152 Å². The summed E-state index contributed by atoms with van der Waals surface area (Å²) in [5, 5.41) is 0. The van der Waals surface area contributed by atoms with Crippen LogP contribution in [0.2, 0.25) is 0 Å². The second-order valence-corrected chi connectivity index (χ2v) is 12.9. The van der Waals surface area contributed by atoms with E-state index in [9.17, 15) is 0 Å². The first-order chi connectivity index (χ1) is 21.0. The van der Waals surface area contributed by atoms with Crippen LogP contribution in [0.5, 0.6) is 0 Å². The molecule has 0 fully saturated rings. The fourth-order valence-electron chi connectivity index (χ4n) is 7.50. The average Bonchev–Trinajstić information content (AvgIpc) is 3.37. The van der Waals surface area contributed by atoms with Crippen LogP contribution in [0.1, 0.15) is 24.2 Å². The van der Waals surface area contributed by atoms with Crippen LogP contribution in [0.25, 0.3) is 27.9 Å². The molecule has 0 saturated heterocycles. The molecule has 2 atom stereocenters. The average molecular weight is 559 g/mol. The summed E-state index contributed by atoms with van der Waals surface area (Å²) in [6.07, 6.45) is 0. The predicted molar refractivity (Wildman–Crippen MR) is 212 cm³/mol. The van der Waals surface area contributed by atoms with Crippen molar-refractivity contribution in [1.29, 1.82) is 0 Å². The summed E-state index contributed by atoms with van der Waals surface area (Å²) < 4.78 is 2.42. The third-order valence-electron chi connectivity index (χ3n) is 10.4. The quantitative estimate of drug-likeness (QED) is 0.324. The van der Waals surface area contributed by atoms with Gasteiger partial charge in [0.2, 0.25) is 0 Å². The second kappa shape index (κ2) is 11.6. The third-order valence-corrected chi connectivity index (χ3v) is 10.4. The number of rotatable bonds is 4. The van der Waals surface area contributed by atoms with Crippen molar-refractivity contribution < 1.29 is 0 Å². The van der Waals surface area contributed by atoms with Crippen molar-refractivity contribution in [1.82, 2.24) is 9.55 Å². The zero-order chi connectivity index (χ0) is 31.4. The number of fused-ring (bicyclic) bond motifs is 2. The Bertz CT molecular complexity index is 2020. The number of para-hydroxylation sites is 2. The topological polar surface area (TPSA) is 17.8 Å². The summed E-state index contributed by atoms with van der Waals surface area (Å²) in [7, 11) is 21.1. The molecule has 10 heteroatoms. The van der Waals surface area contributed by atoms with Gasteiger partial charge in [0.1, 0.15) is 0 Å². The van der Waals surface area contributed by atoms with Gasteiger partial charge in [-0.05, 0) is 0 Å². The standard InChI is InChI=1S/C34H36B8N2/c1-16(35)27(36)31(40)26-28(37)23(20-13-7-6-12-19(20)18-10-4-3-5-11-18)24-25(30(39)33(42)32(41)29(24)38)34(26)44-17(2)43-21-14-8-9-15-22(21)44/h3-15,23-24,37H,35-36,38-42H2,1-2H3/b27-16-,31-26-. The normalized spacial score (nSPS) is 20.6. The number of hydrogen-bond donors (Lipinski definition) is 0. The van der Waals surface area contributed by atoms with Crippen LogP contribution < -0.4 is 0 Å². The maximum absolute atomic E-state index is 5.07. The molecule has 206 valence electrons. The van der Waals surface area contributed by atoms with Gasteiger partial charge < -0.3 is 0 Å². The van der Waals surface area contributed by atoms with Crippen LogP contribution >= 0.6 is 0 Å². The van der Waals surface area contributed by atoms with Crippen LogP contribution in [-0.2, 0) is 0 Å². The Labute approximate surface area is 269 Å². The third kappa shape index (κ3) is 4.69. The molecule has 0 N–H and O–H groups in total.